The van der Waals surface area contributed by atoms with Crippen molar-refractivity contribution in [2.24, 2.45) is 0 Å². The number of anilines is 1. The Kier molecular flexibility index (Phi) is 4.49. The Hall–Kier alpha value is -1.76. The maximum Gasteiger partial charge on any atom is 0.275 e. The monoisotopic (exact) mass is 286 g/mol. The summed E-state index contributed by atoms with van der Waals surface area (Å²) in [7, 11) is 0. The van der Waals surface area contributed by atoms with Crippen molar-refractivity contribution in [3.05, 3.63) is 33.9 Å². The van der Waals surface area contributed by atoms with E-state index in [2.05, 4.69) is 0 Å². The van der Waals surface area contributed by atoms with Crippen molar-refractivity contribution >= 4 is 11.4 Å². The first-order valence-corrected chi connectivity index (χ1v) is 6.55. The second-order valence-corrected chi connectivity index (χ2v) is 4.87. The largest absolute Gasteiger partial charge is 0.396 e. The Balaban J connectivity index is 2.34. The predicted octanol–water partition coefficient (Wildman–Crippen LogP) is 2.61. The summed E-state index contributed by atoms with van der Waals surface area (Å²) in [6, 6.07) is 1.51. The summed E-state index contributed by atoms with van der Waals surface area (Å²) in [5, 5.41) is 19.5. The van der Waals surface area contributed by atoms with Crippen molar-refractivity contribution in [2.45, 2.75) is 31.7 Å². The average molecular weight is 286 g/mol. The molecule has 0 spiro atoms. The van der Waals surface area contributed by atoms with E-state index in [1.165, 1.54) is 0 Å². The van der Waals surface area contributed by atoms with E-state index in [0.717, 1.165) is 31.4 Å². The van der Waals surface area contributed by atoms with Crippen molar-refractivity contribution in [2.75, 3.05) is 18.1 Å². The third-order valence-electron chi connectivity index (χ3n) is 3.57. The SMILES string of the molecule is O=[N+]([O-])c1cc(F)c(N(CCCO)C2CCC2)c(F)c1. The maximum atomic E-state index is 14.0. The van der Waals surface area contributed by atoms with Crippen LogP contribution in [0.2, 0.25) is 0 Å². The van der Waals surface area contributed by atoms with Gasteiger partial charge >= 0.3 is 0 Å². The van der Waals surface area contributed by atoms with Crippen molar-refractivity contribution in [3.8, 4) is 0 Å². The molecular formula is C13H16F2N2O3. The van der Waals surface area contributed by atoms with E-state index in [-0.39, 0.29) is 18.3 Å². The number of rotatable bonds is 6. The number of hydrogen-bond acceptors (Lipinski definition) is 4. The summed E-state index contributed by atoms with van der Waals surface area (Å²) in [4.78, 5) is 11.3. The molecule has 0 aliphatic heterocycles. The molecule has 0 atom stereocenters. The van der Waals surface area contributed by atoms with Crippen molar-refractivity contribution < 1.29 is 18.8 Å². The molecule has 1 aromatic carbocycles. The van der Waals surface area contributed by atoms with Gasteiger partial charge in [-0.05, 0) is 25.7 Å². The predicted molar refractivity (Wildman–Crippen MR) is 69.7 cm³/mol. The lowest BCUT2D eigenvalue weighted by atomic mass is 9.90. The minimum absolute atomic E-state index is 0.0343. The van der Waals surface area contributed by atoms with Gasteiger partial charge in [0, 0.05) is 19.2 Å². The standard InChI is InChI=1S/C13H16F2N2O3/c14-11-7-10(17(19)20)8-12(15)13(11)16(5-2-6-18)9-3-1-4-9/h7-9,18H,1-6H2. The summed E-state index contributed by atoms with van der Waals surface area (Å²) in [5.41, 5.74) is -0.826. The van der Waals surface area contributed by atoms with Crippen LogP contribution in [0.3, 0.4) is 0 Å². The number of aliphatic hydroxyl groups is 1. The number of hydrogen-bond donors (Lipinski definition) is 1. The van der Waals surface area contributed by atoms with Gasteiger partial charge in [0.15, 0.2) is 11.6 Å². The molecule has 7 heteroatoms. The quantitative estimate of drug-likeness (QED) is 0.645. The Morgan fingerprint density at radius 2 is 1.95 bits per heavy atom. The van der Waals surface area contributed by atoms with Crippen LogP contribution in [-0.4, -0.2) is 29.2 Å². The highest BCUT2D eigenvalue weighted by molar-refractivity contribution is 5.54. The van der Waals surface area contributed by atoms with Crippen molar-refractivity contribution in [1.82, 2.24) is 0 Å². The summed E-state index contributed by atoms with van der Waals surface area (Å²) >= 11 is 0. The molecule has 0 amide bonds. The second-order valence-electron chi connectivity index (χ2n) is 4.87. The van der Waals surface area contributed by atoms with Crippen LogP contribution in [-0.2, 0) is 0 Å². The lowest BCUT2D eigenvalue weighted by Gasteiger charge is -2.39. The number of nitrogens with zero attached hydrogens (tertiary/aromatic N) is 2. The van der Waals surface area contributed by atoms with Gasteiger partial charge in [0.25, 0.3) is 5.69 Å². The highest BCUT2D eigenvalue weighted by Crippen LogP contribution is 2.34. The van der Waals surface area contributed by atoms with Gasteiger partial charge in [0.1, 0.15) is 5.69 Å². The minimum atomic E-state index is -0.929. The fourth-order valence-corrected chi connectivity index (χ4v) is 2.35. The molecule has 0 heterocycles. The van der Waals surface area contributed by atoms with Crippen LogP contribution in [0.5, 0.6) is 0 Å². The molecule has 1 aliphatic rings. The summed E-state index contributed by atoms with van der Waals surface area (Å²) in [6.07, 6.45) is 3.06. The Morgan fingerprint density at radius 3 is 2.35 bits per heavy atom. The molecule has 0 bridgehead atoms. The third-order valence-corrected chi connectivity index (χ3v) is 3.57. The zero-order valence-corrected chi connectivity index (χ0v) is 10.9. The lowest BCUT2D eigenvalue weighted by Crippen LogP contribution is -2.42. The topological polar surface area (TPSA) is 66.6 Å². The molecule has 1 saturated carbocycles. The number of nitro benzene ring substituents is 1. The van der Waals surface area contributed by atoms with Crippen LogP contribution in [0.4, 0.5) is 20.2 Å². The van der Waals surface area contributed by atoms with Crippen LogP contribution in [0.25, 0.3) is 0 Å². The fraction of sp³-hybridized carbons (Fsp3) is 0.538. The maximum absolute atomic E-state index is 14.0. The van der Waals surface area contributed by atoms with E-state index in [9.17, 15) is 18.9 Å². The van der Waals surface area contributed by atoms with Gasteiger partial charge in [-0.2, -0.15) is 0 Å². The first kappa shape index (κ1) is 14.6. The van der Waals surface area contributed by atoms with E-state index in [1.807, 2.05) is 0 Å². The number of non-ortho nitro benzene ring substituents is 1. The number of benzene rings is 1. The number of halogens is 2. The van der Waals surface area contributed by atoms with Gasteiger partial charge in [-0.25, -0.2) is 8.78 Å². The molecular weight excluding hydrogens is 270 g/mol. The molecule has 0 aromatic heterocycles. The van der Waals surface area contributed by atoms with Gasteiger partial charge in [-0.3, -0.25) is 10.1 Å². The molecule has 1 fully saturated rings. The minimum Gasteiger partial charge on any atom is -0.396 e. The van der Waals surface area contributed by atoms with Gasteiger partial charge in [0.2, 0.25) is 0 Å². The zero-order chi connectivity index (χ0) is 14.7. The molecule has 20 heavy (non-hydrogen) atoms. The molecule has 110 valence electrons. The zero-order valence-electron chi connectivity index (χ0n) is 10.9. The van der Waals surface area contributed by atoms with Crippen molar-refractivity contribution in [1.29, 1.82) is 0 Å². The molecule has 5 nitrogen and oxygen atoms in total. The number of nitro groups is 1. The normalized spacial score (nSPS) is 14.9. The van der Waals surface area contributed by atoms with Crippen LogP contribution >= 0.6 is 0 Å². The lowest BCUT2D eigenvalue weighted by molar-refractivity contribution is -0.385. The van der Waals surface area contributed by atoms with E-state index in [4.69, 9.17) is 5.11 Å². The fourth-order valence-electron chi connectivity index (χ4n) is 2.35. The van der Waals surface area contributed by atoms with E-state index in [0.29, 0.717) is 13.0 Å². The first-order valence-electron chi connectivity index (χ1n) is 6.55. The highest BCUT2D eigenvalue weighted by atomic mass is 19.1. The van der Waals surface area contributed by atoms with Gasteiger partial charge in [-0.15, -0.1) is 0 Å². The molecule has 0 radical (unpaired) electrons. The smallest absolute Gasteiger partial charge is 0.275 e. The summed E-state index contributed by atoms with van der Waals surface area (Å²) < 4.78 is 28.0. The average Bonchev–Trinajstić information content (AvgIpc) is 2.32. The van der Waals surface area contributed by atoms with E-state index >= 15 is 0 Å². The van der Waals surface area contributed by atoms with Crippen molar-refractivity contribution in [3.63, 3.8) is 0 Å². The van der Waals surface area contributed by atoms with Crippen LogP contribution in [0.15, 0.2) is 12.1 Å². The third kappa shape index (κ3) is 2.87. The van der Waals surface area contributed by atoms with Crippen LogP contribution < -0.4 is 4.90 Å². The molecule has 1 aliphatic carbocycles. The molecule has 2 rings (SSSR count). The highest BCUT2D eigenvalue weighted by Gasteiger charge is 2.30. The van der Waals surface area contributed by atoms with Crippen LogP contribution in [0, 0.1) is 21.7 Å². The second kappa shape index (κ2) is 6.13. The summed E-state index contributed by atoms with van der Waals surface area (Å²) in [5.74, 6) is -1.86. The van der Waals surface area contributed by atoms with E-state index in [1.54, 1.807) is 4.90 Å². The Labute approximate surface area is 115 Å². The Morgan fingerprint density at radius 1 is 1.35 bits per heavy atom. The molecule has 0 unspecified atom stereocenters. The van der Waals surface area contributed by atoms with Gasteiger partial charge < -0.3 is 10.0 Å². The van der Waals surface area contributed by atoms with E-state index < -0.39 is 22.2 Å². The summed E-state index contributed by atoms with van der Waals surface area (Å²) in [6.45, 7) is 0.256. The van der Waals surface area contributed by atoms with Gasteiger partial charge in [-0.1, -0.05) is 0 Å². The number of aliphatic hydroxyl groups excluding tert-OH is 1. The molecule has 0 saturated heterocycles. The molecule has 1 aromatic rings. The molecule has 1 N–H and O–H groups in total. The first-order chi connectivity index (χ1) is 9.54. The van der Waals surface area contributed by atoms with Gasteiger partial charge in [0.05, 0.1) is 17.1 Å². The van der Waals surface area contributed by atoms with Crippen LogP contribution in [0.1, 0.15) is 25.7 Å². The Bertz CT molecular complexity index is 483.